The molecule has 0 N–H and O–H groups in total. The van der Waals surface area contributed by atoms with Gasteiger partial charge < -0.3 is 36.4 Å². The summed E-state index contributed by atoms with van der Waals surface area (Å²) in [6, 6.07) is 4.91. The lowest BCUT2D eigenvalue weighted by molar-refractivity contribution is -0.287. The predicted octanol–water partition coefficient (Wildman–Crippen LogP) is 18.2. The molecule has 0 saturated heterocycles. The second kappa shape index (κ2) is 68.4. The summed E-state index contributed by atoms with van der Waals surface area (Å²) in [6.45, 7) is 44.1. The van der Waals surface area contributed by atoms with Gasteiger partial charge in [0.25, 0.3) is 0 Å². The van der Waals surface area contributed by atoms with Crippen molar-refractivity contribution in [1.29, 1.82) is 0 Å². The number of rotatable bonds is 48. The van der Waals surface area contributed by atoms with E-state index in [-0.39, 0.29) is 27.4 Å². The average Bonchev–Trinajstić information content (AvgIpc) is 4.31. The number of hydrogen-bond acceptors (Lipinski definition) is 23. The number of hydrogen-bond donors (Lipinski definition) is 3. The van der Waals surface area contributed by atoms with E-state index < -0.39 is 31.9 Å². The molecule has 1 aliphatic heterocycles. The van der Waals surface area contributed by atoms with Gasteiger partial charge in [0.2, 0.25) is 31.9 Å². The molecule has 0 spiro atoms. The van der Waals surface area contributed by atoms with Crippen LogP contribution in [0, 0.1) is 0 Å². The molecule has 2 heterocycles. The normalized spacial score (nSPS) is 15.0. The van der Waals surface area contributed by atoms with Gasteiger partial charge in [0, 0.05) is 62.9 Å². The molecule has 40 heteroatoms. The minimum atomic E-state index is -1.73. The maximum Gasteiger partial charge on any atom is 0.241 e. The molecule has 0 saturated carbocycles. The van der Waals surface area contributed by atoms with Gasteiger partial charge in [-0.3, -0.25) is 4.99 Å². The van der Waals surface area contributed by atoms with Gasteiger partial charge in [0.15, 0.2) is 0 Å². The van der Waals surface area contributed by atoms with Crippen LogP contribution in [0.3, 0.4) is 0 Å². The molecular weight excluding hydrogens is 1500 g/mol. The third kappa shape index (κ3) is 57.1. The zero-order chi connectivity index (χ0) is 66.0. The van der Waals surface area contributed by atoms with Crippen LogP contribution in [-0.2, 0) is 61.7 Å². The highest BCUT2D eigenvalue weighted by Gasteiger charge is 2.36. The van der Waals surface area contributed by atoms with Crippen molar-refractivity contribution in [3.05, 3.63) is 18.7 Å². The monoisotopic (exact) mass is 1620 g/mol. The molecule has 1 aromatic heterocycles. The number of imidazole rings is 1. The van der Waals surface area contributed by atoms with Gasteiger partial charge in [0.05, 0.1) is 81.0 Å². The van der Waals surface area contributed by atoms with Crippen LogP contribution in [0.5, 0.6) is 0 Å². The summed E-state index contributed by atoms with van der Waals surface area (Å²) < 4.78 is 35.3. The van der Waals surface area contributed by atoms with Crippen molar-refractivity contribution in [2.45, 2.75) is 158 Å². The van der Waals surface area contributed by atoms with Gasteiger partial charge in [-0.25, -0.2) is 34.3 Å². The van der Waals surface area contributed by atoms with Crippen LogP contribution in [0.4, 0.5) is 0 Å². The van der Waals surface area contributed by atoms with Crippen LogP contribution in [0.15, 0.2) is 23.7 Å². The minimum absolute atomic E-state index is 0.141. The maximum atomic E-state index is 6.27. The summed E-state index contributed by atoms with van der Waals surface area (Å²) in [5.74, 6) is 0. The fourth-order valence-electron chi connectivity index (χ4n) is 7.75. The zero-order valence-electron chi connectivity index (χ0n) is 54.4. The lowest BCUT2D eigenvalue weighted by Crippen LogP contribution is -2.35. The Balaban J connectivity index is -0.000000565. The van der Waals surface area contributed by atoms with Crippen LogP contribution in [0.25, 0.3) is 0 Å². The standard InChI is InChI=1S/C18H47N3O2P6Si2.C16H41N3O2P6S2Si2.3C4H10O2.H2O2S4/c1-5-22-30(3,28(24)25)16-8-13-20(11-7-12-21-15-10-19-18-21)14-9-17-31(4,23-6-2)29(26)27;1-4-20-30(2,26(22)23)14-6-11-18(9-5-10-19-13-8-17-16-19)12-7-15-31(3,21-29-28)27(24)25;3*1-3-5-6-4-2;3-5-1-2-6-4/h18H,5-17,24-27H2,1-4H3;8,13,16,28H,4-7,9-12,14-15,22-25H2,1-3H3;3*3-4H2,1-2H3;3-4H. The van der Waals surface area contributed by atoms with Crippen LogP contribution in [-0.4, -0.2) is 181 Å². The average molecular weight is 1630 g/mol. The Labute approximate surface area is 579 Å². The SMILES string of the molecule is CCOOCC.CCOOCC.CCOOCC.CCO[Si](C)(CCCN(CCCN1C=NCC1)CCC[Si](C)(OCC)P(P)P)P(P)P.CCO[Si](C)(CCCN(CCCn1ccnc1)CCC[Si](C)(OSS)P(P)P)P(P)P.SSOOSS. The topological polar surface area (TPSA) is 151 Å². The van der Waals surface area contributed by atoms with Crippen molar-refractivity contribution in [3.63, 3.8) is 0 Å². The number of aryl methyl sites for hydroxylation is 1. The summed E-state index contributed by atoms with van der Waals surface area (Å²) >= 11 is 14.3. The molecule has 0 fully saturated rings. The number of aliphatic imine (C=N–C) groups is 1. The van der Waals surface area contributed by atoms with Crippen LogP contribution in [0.1, 0.15) is 101 Å². The van der Waals surface area contributed by atoms with Crippen molar-refractivity contribution in [1.82, 2.24) is 24.3 Å². The third-order valence-corrected chi connectivity index (χ3v) is 84.7. The van der Waals surface area contributed by atoms with Gasteiger partial charge in [0.1, 0.15) is 0 Å². The summed E-state index contributed by atoms with van der Waals surface area (Å²) in [5.41, 5.74) is 0. The second-order valence-corrected chi connectivity index (χ2v) is 87.9. The Morgan fingerprint density at radius 1 is 0.465 bits per heavy atom. The van der Waals surface area contributed by atoms with Crippen LogP contribution >= 0.6 is 167 Å². The first-order chi connectivity index (χ1) is 41.0. The van der Waals surface area contributed by atoms with E-state index in [2.05, 4.69) is 221 Å². The quantitative estimate of drug-likeness (QED) is 0.00829. The second-order valence-electron chi connectivity index (χ2n) is 19.2. The van der Waals surface area contributed by atoms with Crippen LogP contribution < -0.4 is 0 Å². The number of thiol groups is 3. The van der Waals surface area contributed by atoms with E-state index >= 15 is 0 Å². The Morgan fingerprint density at radius 2 is 0.791 bits per heavy atom. The Bertz CT molecular complexity index is 1520. The fraction of sp³-hybridized carbons (Fsp3) is 0.913. The van der Waals surface area contributed by atoms with E-state index in [9.17, 15) is 0 Å². The molecule has 2 rings (SSSR count). The van der Waals surface area contributed by atoms with Crippen molar-refractivity contribution in [2.75, 3.05) is 118 Å². The molecule has 1 aliphatic rings. The lowest BCUT2D eigenvalue weighted by Gasteiger charge is -2.33. The van der Waals surface area contributed by atoms with E-state index in [1.807, 2.05) is 66.6 Å². The summed E-state index contributed by atoms with van der Waals surface area (Å²) in [7, 11) is 17.6. The van der Waals surface area contributed by atoms with Crippen molar-refractivity contribution in [3.8, 4) is 0 Å². The predicted molar refractivity (Wildman–Crippen MR) is 436 cm³/mol. The zero-order valence-corrected chi connectivity index (χ0v) is 76.3. The first kappa shape index (κ1) is 98.6. The number of nitrogens with zero attached hydrogens (tertiary/aromatic N) is 6. The van der Waals surface area contributed by atoms with Gasteiger partial charge >= 0.3 is 0 Å². The molecule has 0 aromatic carbocycles. The summed E-state index contributed by atoms with van der Waals surface area (Å²) in [4.78, 5) is 43.1. The van der Waals surface area contributed by atoms with Crippen LogP contribution in [0.2, 0.25) is 50.4 Å². The van der Waals surface area contributed by atoms with Gasteiger partial charge in [-0.2, -0.15) is 0 Å². The molecule has 0 radical (unpaired) electrons. The highest BCUT2D eigenvalue weighted by atomic mass is 33.1. The first-order valence-corrected chi connectivity index (χ1v) is 66.9. The summed E-state index contributed by atoms with van der Waals surface area (Å²) in [6.07, 6.45) is 15.1. The molecular formula is C46H120N6O12P12S6Si4. The molecule has 0 bridgehead atoms. The maximum absolute atomic E-state index is 6.27. The lowest BCUT2D eigenvalue weighted by atomic mass is 10.3. The van der Waals surface area contributed by atoms with E-state index in [1.54, 1.807) is 0 Å². The van der Waals surface area contributed by atoms with Crippen molar-refractivity contribution >= 4 is 205 Å². The molecule has 0 aliphatic carbocycles. The molecule has 18 nitrogen and oxygen atoms in total. The first-order valence-electron chi connectivity index (χ1n) is 29.4. The molecule has 518 valence electrons. The largest absolute Gasteiger partial charge is 0.412 e. The van der Waals surface area contributed by atoms with Crippen molar-refractivity contribution < 1.29 is 55.1 Å². The van der Waals surface area contributed by atoms with Gasteiger partial charge in [-0.15, -0.1) is 80.1 Å². The fourth-order valence-corrected chi connectivity index (χ4v) is 43.0. The summed E-state index contributed by atoms with van der Waals surface area (Å²) in [5, 5.41) is 0. The highest BCUT2D eigenvalue weighted by molar-refractivity contribution is 8.68. The molecule has 86 heavy (non-hydrogen) atoms. The minimum Gasteiger partial charge on any atom is -0.412 e. The van der Waals surface area contributed by atoms with E-state index in [4.69, 9.17) is 17.2 Å². The van der Waals surface area contributed by atoms with E-state index in [0.29, 0.717) is 39.6 Å². The van der Waals surface area contributed by atoms with E-state index in [1.165, 1.54) is 87.0 Å². The Morgan fingerprint density at radius 3 is 1.05 bits per heavy atom. The molecule has 1 aromatic rings. The Hall–Kier alpha value is 6.25. The molecule has 12 atom stereocenters. The third-order valence-electron chi connectivity index (χ3n) is 12.4. The van der Waals surface area contributed by atoms with Crippen molar-refractivity contribution in [2.24, 2.45) is 4.99 Å². The molecule has 0 amide bonds. The number of aromatic nitrogens is 2. The molecule has 12 unspecified atom stereocenters. The van der Waals surface area contributed by atoms with E-state index in [0.717, 1.165) is 94.2 Å². The van der Waals surface area contributed by atoms with Gasteiger partial charge in [-0.1, -0.05) is 62.4 Å². The smallest absolute Gasteiger partial charge is 0.241 e. The van der Waals surface area contributed by atoms with Gasteiger partial charge in [-0.05, 0) is 190 Å². The highest BCUT2D eigenvalue weighted by Crippen LogP contribution is 2.65. The Kier molecular flexibility index (Phi) is 78.4.